The highest BCUT2D eigenvalue weighted by atomic mass is 19.1. The van der Waals surface area contributed by atoms with Gasteiger partial charge in [0.1, 0.15) is 5.75 Å². The summed E-state index contributed by atoms with van der Waals surface area (Å²) in [5, 5.41) is 0. The van der Waals surface area contributed by atoms with E-state index >= 15 is 0 Å². The third-order valence-corrected chi connectivity index (χ3v) is 2.62. The van der Waals surface area contributed by atoms with E-state index in [9.17, 15) is 9.18 Å². The molecule has 0 aliphatic rings. The molecule has 0 saturated heterocycles. The summed E-state index contributed by atoms with van der Waals surface area (Å²) in [6.07, 6.45) is 1.46. The fourth-order valence-electron chi connectivity index (χ4n) is 1.58. The van der Waals surface area contributed by atoms with Crippen molar-refractivity contribution >= 4 is 11.7 Å². The molecular weight excluding hydrogens is 263 g/mol. The molecule has 1 aromatic carbocycles. The number of nitrogens with two attached hydrogens (primary N) is 1. The van der Waals surface area contributed by atoms with Gasteiger partial charge in [-0.2, -0.15) is 0 Å². The average molecular weight is 276 g/mol. The Kier molecular flexibility index (Phi) is 3.84. The van der Waals surface area contributed by atoms with Crippen LogP contribution in [-0.4, -0.2) is 18.1 Å². The summed E-state index contributed by atoms with van der Waals surface area (Å²) in [5.41, 5.74) is 6.42. The lowest BCUT2D eigenvalue weighted by Gasteiger charge is -2.10. The molecule has 0 spiro atoms. The van der Waals surface area contributed by atoms with Crippen LogP contribution in [-0.2, 0) is 4.74 Å². The van der Waals surface area contributed by atoms with Gasteiger partial charge in [0.25, 0.3) is 0 Å². The quantitative estimate of drug-likeness (QED) is 0.689. The van der Waals surface area contributed by atoms with E-state index in [1.807, 2.05) is 6.92 Å². The van der Waals surface area contributed by atoms with E-state index in [0.717, 1.165) is 11.8 Å². The van der Waals surface area contributed by atoms with Crippen molar-refractivity contribution in [2.75, 3.05) is 12.8 Å². The first-order chi connectivity index (χ1) is 9.51. The van der Waals surface area contributed by atoms with E-state index in [-0.39, 0.29) is 17.0 Å². The van der Waals surface area contributed by atoms with Crippen molar-refractivity contribution in [1.82, 2.24) is 4.98 Å². The van der Waals surface area contributed by atoms with Crippen LogP contribution in [0.15, 0.2) is 30.5 Å². The summed E-state index contributed by atoms with van der Waals surface area (Å²) >= 11 is 0. The zero-order valence-corrected chi connectivity index (χ0v) is 11.0. The first kappa shape index (κ1) is 13.8. The van der Waals surface area contributed by atoms with E-state index < -0.39 is 11.8 Å². The number of rotatable bonds is 3. The zero-order valence-electron chi connectivity index (χ0n) is 11.0. The monoisotopic (exact) mass is 276 g/mol. The highest BCUT2D eigenvalue weighted by Gasteiger charge is 2.16. The predicted molar refractivity (Wildman–Crippen MR) is 71.2 cm³/mol. The first-order valence-electron chi connectivity index (χ1n) is 5.79. The van der Waals surface area contributed by atoms with Gasteiger partial charge in [-0.1, -0.05) is 0 Å². The topological polar surface area (TPSA) is 74.4 Å². The summed E-state index contributed by atoms with van der Waals surface area (Å²) < 4.78 is 23.7. The number of methoxy groups -OCH3 is 1. The molecule has 0 fully saturated rings. The Labute approximate surface area is 115 Å². The van der Waals surface area contributed by atoms with Crippen LogP contribution in [0.3, 0.4) is 0 Å². The Morgan fingerprint density at radius 2 is 2.10 bits per heavy atom. The molecule has 1 heterocycles. The Morgan fingerprint density at radius 3 is 2.70 bits per heavy atom. The number of halogens is 1. The van der Waals surface area contributed by atoms with E-state index in [4.69, 9.17) is 10.5 Å². The van der Waals surface area contributed by atoms with E-state index in [2.05, 4.69) is 9.72 Å². The molecule has 0 amide bonds. The van der Waals surface area contributed by atoms with Gasteiger partial charge in [0.15, 0.2) is 11.6 Å². The number of esters is 1. The maximum absolute atomic E-state index is 13.8. The number of nitrogens with zero attached hydrogens (tertiary/aromatic N) is 1. The minimum Gasteiger partial charge on any atom is -0.465 e. The van der Waals surface area contributed by atoms with Crippen molar-refractivity contribution in [3.63, 3.8) is 0 Å². The number of aromatic nitrogens is 1. The number of carbonyl (C=O) groups excluding carboxylic acids is 1. The van der Waals surface area contributed by atoms with E-state index in [1.54, 1.807) is 12.1 Å². The molecule has 2 rings (SSSR count). The largest absolute Gasteiger partial charge is 0.465 e. The second-order valence-corrected chi connectivity index (χ2v) is 4.10. The molecule has 104 valence electrons. The number of ether oxygens (including phenoxy) is 2. The van der Waals surface area contributed by atoms with Crippen LogP contribution in [0.5, 0.6) is 11.5 Å². The molecular formula is C14H13FN2O3. The number of anilines is 1. The van der Waals surface area contributed by atoms with Crippen molar-refractivity contribution in [3.8, 4) is 11.5 Å². The summed E-state index contributed by atoms with van der Waals surface area (Å²) in [4.78, 5) is 15.5. The molecule has 20 heavy (non-hydrogen) atoms. The van der Waals surface area contributed by atoms with Crippen LogP contribution < -0.4 is 10.5 Å². The molecule has 5 nitrogen and oxygen atoms in total. The number of hydrogen-bond acceptors (Lipinski definition) is 5. The summed E-state index contributed by atoms with van der Waals surface area (Å²) in [6.45, 7) is 1.82. The van der Waals surface area contributed by atoms with Crippen LogP contribution in [0.25, 0.3) is 0 Å². The molecule has 0 atom stereocenters. The summed E-state index contributed by atoms with van der Waals surface area (Å²) in [6, 6.07) is 5.60. The van der Waals surface area contributed by atoms with Gasteiger partial charge in [-0.15, -0.1) is 0 Å². The average Bonchev–Trinajstić information content (AvgIpc) is 2.43. The molecule has 0 saturated carbocycles. The first-order valence-corrected chi connectivity index (χ1v) is 5.79. The van der Waals surface area contributed by atoms with Crippen molar-refractivity contribution in [3.05, 3.63) is 47.5 Å². The highest BCUT2D eigenvalue weighted by Crippen LogP contribution is 2.28. The number of nitrogen functional groups attached to an aromatic ring is 1. The molecule has 0 radical (unpaired) electrons. The van der Waals surface area contributed by atoms with Crippen molar-refractivity contribution in [2.45, 2.75) is 6.92 Å². The second kappa shape index (κ2) is 5.56. The smallest absolute Gasteiger partial charge is 0.340 e. The standard InChI is InChI=1S/C14H13FN2O3/c1-8-3-4-9(7-17-8)20-13-5-10(14(18)19-2)12(16)6-11(13)15/h3-7H,16H2,1-2H3. The van der Waals surface area contributed by atoms with Gasteiger partial charge >= 0.3 is 5.97 Å². The number of benzene rings is 1. The van der Waals surface area contributed by atoms with Gasteiger partial charge in [0.2, 0.25) is 0 Å². The van der Waals surface area contributed by atoms with Gasteiger partial charge in [0.05, 0.1) is 18.9 Å². The third-order valence-electron chi connectivity index (χ3n) is 2.62. The summed E-state index contributed by atoms with van der Waals surface area (Å²) in [7, 11) is 1.22. The van der Waals surface area contributed by atoms with Crippen molar-refractivity contribution in [2.24, 2.45) is 0 Å². The van der Waals surface area contributed by atoms with Crippen molar-refractivity contribution in [1.29, 1.82) is 0 Å². The molecule has 0 aliphatic heterocycles. The highest BCUT2D eigenvalue weighted by molar-refractivity contribution is 5.95. The Balaban J connectivity index is 2.36. The van der Waals surface area contributed by atoms with Gasteiger partial charge in [-0.3, -0.25) is 4.98 Å². The Bertz CT molecular complexity index is 642. The second-order valence-electron chi connectivity index (χ2n) is 4.10. The lowest BCUT2D eigenvalue weighted by atomic mass is 10.1. The zero-order chi connectivity index (χ0) is 14.7. The maximum atomic E-state index is 13.8. The fraction of sp³-hybridized carbons (Fsp3) is 0.143. The van der Waals surface area contributed by atoms with Crippen LogP contribution in [0, 0.1) is 12.7 Å². The SMILES string of the molecule is COC(=O)c1cc(Oc2ccc(C)nc2)c(F)cc1N. The van der Waals surface area contributed by atoms with E-state index in [1.165, 1.54) is 19.4 Å². The van der Waals surface area contributed by atoms with Crippen LogP contribution in [0.2, 0.25) is 0 Å². The number of hydrogen-bond donors (Lipinski definition) is 1. The molecule has 0 aliphatic carbocycles. The van der Waals surface area contributed by atoms with Gasteiger partial charge in [0, 0.05) is 23.5 Å². The van der Waals surface area contributed by atoms with Gasteiger partial charge in [-0.25, -0.2) is 9.18 Å². The predicted octanol–water partition coefficient (Wildman–Crippen LogP) is 2.69. The number of aryl methyl sites for hydroxylation is 1. The third kappa shape index (κ3) is 2.85. The molecule has 0 bridgehead atoms. The lowest BCUT2D eigenvalue weighted by Crippen LogP contribution is -2.06. The van der Waals surface area contributed by atoms with Crippen LogP contribution >= 0.6 is 0 Å². The molecule has 6 heteroatoms. The van der Waals surface area contributed by atoms with Crippen LogP contribution in [0.1, 0.15) is 16.1 Å². The normalized spacial score (nSPS) is 10.2. The minimum absolute atomic E-state index is 0.0104. The molecule has 0 unspecified atom stereocenters. The maximum Gasteiger partial charge on any atom is 0.340 e. The minimum atomic E-state index is -0.671. The molecule has 2 N–H and O–H groups in total. The van der Waals surface area contributed by atoms with Crippen molar-refractivity contribution < 1.29 is 18.7 Å². The van der Waals surface area contributed by atoms with Crippen LogP contribution in [0.4, 0.5) is 10.1 Å². The molecule has 1 aromatic heterocycles. The van der Waals surface area contributed by atoms with Gasteiger partial charge < -0.3 is 15.2 Å². The van der Waals surface area contributed by atoms with Gasteiger partial charge in [-0.05, 0) is 19.1 Å². The Morgan fingerprint density at radius 1 is 1.35 bits per heavy atom. The summed E-state index contributed by atoms with van der Waals surface area (Å²) in [5.74, 6) is -1.09. The fourth-order valence-corrected chi connectivity index (χ4v) is 1.58. The van der Waals surface area contributed by atoms with E-state index in [0.29, 0.717) is 5.75 Å². The Hall–Kier alpha value is -2.63. The molecule has 2 aromatic rings. The number of pyridine rings is 1. The lowest BCUT2D eigenvalue weighted by molar-refractivity contribution is 0.0601. The number of carbonyl (C=O) groups is 1.